The summed E-state index contributed by atoms with van der Waals surface area (Å²) in [6, 6.07) is 6.80. The number of aliphatic carboxylic acids is 1. The highest BCUT2D eigenvalue weighted by Crippen LogP contribution is 2.33. The summed E-state index contributed by atoms with van der Waals surface area (Å²) in [6.07, 6.45) is 4.72. The van der Waals surface area contributed by atoms with Gasteiger partial charge in [-0.25, -0.2) is 0 Å². The number of hydrogen-bond donors (Lipinski definition) is 3. The van der Waals surface area contributed by atoms with Gasteiger partial charge in [-0.1, -0.05) is 11.6 Å². The van der Waals surface area contributed by atoms with E-state index in [-0.39, 0.29) is 12.0 Å². The number of aromatic amines is 1. The highest BCUT2D eigenvalue weighted by molar-refractivity contribution is 8.14. The Kier molecular flexibility index (Phi) is 7.16. The molecule has 178 valence electrons. The van der Waals surface area contributed by atoms with Gasteiger partial charge in [0.25, 0.3) is 0 Å². The first-order valence-corrected chi connectivity index (χ1v) is 13.2. The molecule has 0 saturated carbocycles. The quantitative estimate of drug-likeness (QED) is 0.531. The third kappa shape index (κ3) is 5.50. The standard InChI is InChI=1S/C24H31ClN4O3S/c25-17-10-16-11-21(28-22(16)20(12-17)26-18-4-8-32-9-5-18)23-27-19(14-33-23)3-7-29-6-1-2-15(13-29)24(30)31/h10-12,15,18-19,26,28H,1-9,13-14H2,(H,30,31)/t15?,19-/m1/s1. The second kappa shape index (κ2) is 10.3. The third-order valence-corrected chi connectivity index (χ3v) is 8.22. The van der Waals surface area contributed by atoms with Crippen molar-refractivity contribution in [2.45, 2.75) is 44.2 Å². The molecule has 2 atom stereocenters. The molecule has 9 heteroatoms. The first-order valence-electron chi connectivity index (χ1n) is 11.9. The van der Waals surface area contributed by atoms with Crippen molar-refractivity contribution >= 4 is 51.0 Å². The number of rotatable bonds is 7. The molecule has 5 rings (SSSR count). The Labute approximate surface area is 203 Å². The van der Waals surface area contributed by atoms with Crippen LogP contribution in [0.4, 0.5) is 5.69 Å². The molecule has 2 fully saturated rings. The Hall–Kier alpha value is -1.74. The SMILES string of the molecule is O=C(O)C1CCCN(CC[C@@H]2CSC(c3cc4cc(Cl)cc(NC5CCOCC5)c4[nH]3)=N2)C1. The number of H-pyrrole nitrogens is 1. The van der Waals surface area contributed by atoms with Crippen molar-refractivity contribution in [1.29, 1.82) is 0 Å². The van der Waals surface area contributed by atoms with E-state index in [0.29, 0.717) is 12.6 Å². The molecule has 0 aliphatic carbocycles. The predicted molar refractivity (Wildman–Crippen MR) is 135 cm³/mol. The number of nitrogens with one attached hydrogen (secondary N) is 2. The second-order valence-electron chi connectivity index (χ2n) is 9.30. The molecule has 0 bridgehead atoms. The average Bonchev–Trinajstić information content (AvgIpc) is 3.46. The Morgan fingerprint density at radius 2 is 2.15 bits per heavy atom. The van der Waals surface area contributed by atoms with Gasteiger partial charge >= 0.3 is 5.97 Å². The van der Waals surface area contributed by atoms with Gasteiger partial charge in [-0.2, -0.15) is 0 Å². The first kappa shape index (κ1) is 23.0. The lowest BCUT2D eigenvalue weighted by Crippen LogP contribution is -2.39. The molecule has 3 N–H and O–H groups in total. The van der Waals surface area contributed by atoms with Gasteiger partial charge in [-0.15, -0.1) is 11.8 Å². The molecule has 1 aromatic carbocycles. The lowest BCUT2D eigenvalue weighted by Gasteiger charge is -2.30. The molecule has 1 unspecified atom stereocenters. The van der Waals surface area contributed by atoms with Crippen molar-refractivity contribution in [3.63, 3.8) is 0 Å². The fourth-order valence-corrected chi connectivity index (χ4v) is 6.31. The van der Waals surface area contributed by atoms with Crippen LogP contribution in [0, 0.1) is 5.92 Å². The molecule has 7 nitrogen and oxygen atoms in total. The average molecular weight is 491 g/mol. The van der Waals surface area contributed by atoms with Crippen molar-refractivity contribution in [3.05, 3.63) is 28.9 Å². The Morgan fingerprint density at radius 1 is 1.30 bits per heavy atom. The maximum atomic E-state index is 11.3. The van der Waals surface area contributed by atoms with Crippen molar-refractivity contribution in [2.24, 2.45) is 10.9 Å². The topological polar surface area (TPSA) is 90.0 Å². The van der Waals surface area contributed by atoms with Gasteiger partial charge < -0.3 is 25.0 Å². The number of halogens is 1. The number of carboxylic acids is 1. The molecule has 0 spiro atoms. The molecule has 3 aliphatic heterocycles. The number of aliphatic imine (C=N–C) groups is 1. The minimum absolute atomic E-state index is 0.224. The van der Waals surface area contributed by atoms with E-state index in [1.54, 1.807) is 11.8 Å². The summed E-state index contributed by atoms with van der Waals surface area (Å²) < 4.78 is 5.48. The normalized spacial score (nSPS) is 24.8. The molecular formula is C24H31ClN4O3S. The maximum absolute atomic E-state index is 11.3. The number of hydrogen-bond acceptors (Lipinski definition) is 6. The van der Waals surface area contributed by atoms with E-state index < -0.39 is 5.97 Å². The molecular weight excluding hydrogens is 460 g/mol. The molecule has 0 amide bonds. The molecule has 1 aromatic heterocycles. The Bertz CT molecular complexity index is 1040. The fraction of sp³-hybridized carbons (Fsp3) is 0.583. The zero-order valence-corrected chi connectivity index (χ0v) is 20.3. The lowest BCUT2D eigenvalue weighted by atomic mass is 9.98. The first-order chi connectivity index (χ1) is 16.0. The summed E-state index contributed by atoms with van der Waals surface area (Å²) in [4.78, 5) is 22.2. The molecule has 3 aliphatic rings. The summed E-state index contributed by atoms with van der Waals surface area (Å²) in [5.41, 5.74) is 3.15. The number of piperidine rings is 1. The van der Waals surface area contributed by atoms with Gasteiger partial charge in [0.2, 0.25) is 0 Å². The van der Waals surface area contributed by atoms with Crippen LogP contribution in [-0.4, -0.2) is 76.7 Å². The minimum atomic E-state index is -0.666. The Balaban J connectivity index is 1.25. The van der Waals surface area contributed by atoms with Crippen molar-refractivity contribution < 1.29 is 14.6 Å². The maximum Gasteiger partial charge on any atom is 0.307 e. The number of ether oxygens (including phenoxy) is 1. The summed E-state index contributed by atoms with van der Waals surface area (Å²) in [6.45, 7) is 4.15. The van der Waals surface area contributed by atoms with Crippen LogP contribution in [-0.2, 0) is 9.53 Å². The van der Waals surface area contributed by atoms with Gasteiger partial charge in [-0.05, 0) is 56.8 Å². The zero-order chi connectivity index (χ0) is 22.8. The molecule has 2 aromatic rings. The number of aromatic nitrogens is 1. The predicted octanol–water partition coefficient (Wildman–Crippen LogP) is 4.46. The summed E-state index contributed by atoms with van der Waals surface area (Å²) >= 11 is 8.22. The van der Waals surface area contributed by atoms with Crippen LogP contribution < -0.4 is 5.32 Å². The zero-order valence-electron chi connectivity index (χ0n) is 18.7. The van der Waals surface area contributed by atoms with E-state index in [1.165, 1.54) is 0 Å². The largest absolute Gasteiger partial charge is 0.481 e. The van der Waals surface area contributed by atoms with Crippen molar-refractivity contribution in [2.75, 3.05) is 43.9 Å². The Morgan fingerprint density at radius 3 is 2.97 bits per heavy atom. The van der Waals surface area contributed by atoms with Gasteiger partial charge in [0.1, 0.15) is 5.04 Å². The number of anilines is 1. The smallest absolute Gasteiger partial charge is 0.307 e. The van der Waals surface area contributed by atoms with E-state index in [0.717, 1.165) is 96.5 Å². The molecule has 0 radical (unpaired) electrons. The van der Waals surface area contributed by atoms with Crippen LogP contribution >= 0.6 is 23.4 Å². The van der Waals surface area contributed by atoms with Gasteiger partial charge in [0.05, 0.1) is 28.9 Å². The second-order valence-corrected chi connectivity index (χ2v) is 10.7. The van der Waals surface area contributed by atoms with Crippen LogP contribution in [0.25, 0.3) is 10.9 Å². The van der Waals surface area contributed by atoms with Gasteiger partial charge in [0.15, 0.2) is 0 Å². The van der Waals surface area contributed by atoms with Crippen molar-refractivity contribution in [3.8, 4) is 0 Å². The number of fused-ring (bicyclic) bond motifs is 1. The van der Waals surface area contributed by atoms with Crippen LogP contribution in [0.15, 0.2) is 23.2 Å². The number of benzene rings is 1. The summed E-state index contributed by atoms with van der Waals surface area (Å²) in [7, 11) is 0. The van der Waals surface area contributed by atoms with Crippen LogP contribution in [0.5, 0.6) is 0 Å². The number of carbonyl (C=O) groups is 1. The number of likely N-dealkylation sites (tertiary alicyclic amines) is 1. The molecule has 4 heterocycles. The number of nitrogens with zero attached hydrogens (tertiary/aromatic N) is 2. The van der Waals surface area contributed by atoms with Gasteiger partial charge in [0, 0.05) is 48.5 Å². The van der Waals surface area contributed by atoms with Crippen LogP contribution in [0.3, 0.4) is 0 Å². The van der Waals surface area contributed by atoms with Crippen LogP contribution in [0.1, 0.15) is 37.8 Å². The van der Waals surface area contributed by atoms with E-state index in [1.807, 2.05) is 12.1 Å². The lowest BCUT2D eigenvalue weighted by molar-refractivity contribution is -0.143. The van der Waals surface area contributed by atoms with E-state index in [4.69, 9.17) is 21.3 Å². The van der Waals surface area contributed by atoms with Crippen LogP contribution in [0.2, 0.25) is 5.02 Å². The molecule has 33 heavy (non-hydrogen) atoms. The summed E-state index contributed by atoms with van der Waals surface area (Å²) in [5.74, 6) is 0.0772. The fourth-order valence-electron chi connectivity index (χ4n) is 5.00. The highest BCUT2D eigenvalue weighted by atomic mass is 35.5. The van der Waals surface area contributed by atoms with E-state index >= 15 is 0 Å². The number of carboxylic acid groups (broad SMARTS) is 1. The monoisotopic (exact) mass is 490 g/mol. The summed E-state index contributed by atoms with van der Waals surface area (Å²) in [5, 5.41) is 15.8. The van der Waals surface area contributed by atoms with E-state index in [2.05, 4.69) is 21.3 Å². The molecule has 2 saturated heterocycles. The van der Waals surface area contributed by atoms with Crippen molar-refractivity contribution in [1.82, 2.24) is 9.88 Å². The highest BCUT2D eigenvalue weighted by Gasteiger charge is 2.27. The minimum Gasteiger partial charge on any atom is -0.481 e. The van der Waals surface area contributed by atoms with E-state index in [9.17, 15) is 9.90 Å². The third-order valence-electron chi connectivity index (χ3n) is 6.85. The van der Waals surface area contributed by atoms with Gasteiger partial charge in [-0.3, -0.25) is 9.79 Å². The number of thioether (sulfide) groups is 1.